The third kappa shape index (κ3) is 2.44. The molecule has 3 rings (SSSR count). The van der Waals surface area contributed by atoms with Crippen LogP contribution in [0.2, 0.25) is 5.02 Å². The van der Waals surface area contributed by atoms with E-state index in [1.165, 1.54) is 40.7 Å². The van der Waals surface area contributed by atoms with Crippen molar-refractivity contribution in [1.82, 2.24) is 0 Å². The van der Waals surface area contributed by atoms with Gasteiger partial charge >= 0.3 is 5.97 Å². The van der Waals surface area contributed by atoms with E-state index in [0.717, 1.165) is 5.56 Å². The highest BCUT2D eigenvalue weighted by Gasteiger charge is 2.31. The van der Waals surface area contributed by atoms with Gasteiger partial charge in [0.25, 0.3) is 10.0 Å². The Morgan fingerprint density at radius 2 is 1.82 bits per heavy atom. The average molecular weight is 338 g/mol. The summed E-state index contributed by atoms with van der Waals surface area (Å²) in [5, 5.41) is 9.47. The Morgan fingerprint density at radius 3 is 2.45 bits per heavy atom. The SMILES string of the molecule is O=C(O)c1ccc2c(c1)CCN2S(=O)(=O)c1ccc(Cl)cc1. The molecule has 0 unspecified atom stereocenters. The molecule has 114 valence electrons. The Labute approximate surface area is 132 Å². The zero-order chi connectivity index (χ0) is 15.9. The predicted molar refractivity (Wildman–Crippen MR) is 83.1 cm³/mol. The van der Waals surface area contributed by atoms with Crippen molar-refractivity contribution < 1.29 is 18.3 Å². The van der Waals surface area contributed by atoms with Crippen LogP contribution in [-0.4, -0.2) is 26.0 Å². The second-order valence-corrected chi connectivity index (χ2v) is 7.23. The number of rotatable bonds is 3. The molecular weight excluding hydrogens is 326 g/mol. The number of sulfonamides is 1. The van der Waals surface area contributed by atoms with Gasteiger partial charge in [0.2, 0.25) is 0 Å². The number of fused-ring (bicyclic) bond motifs is 1. The van der Waals surface area contributed by atoms with E-state index in [1.54, 1.807) is 6.07 Å². The zero-order valence-electron chi connectivity index (χ0n) is 11.4. The molecular formula is C15H12ClNO4S. The molecule has 2 aromatic carbocycles. The van der Waals surface area contributed by atoms with E-state index >= 15 is 0 Å². The van der Waals surface area contributed by atoms with Gasteiger partial charge in [-0.3, -0.25) is 4.31 Å². The van der Waals surface area contributed by atoms with Gasteiger partial charge in [-0.1, -0.05) is 11.6 Å². The summed E-state index contributed by atoms with van der Waals surface area (Å²) in [5.74, 6) is -1.03. The Hall–Kier alpha value is -2.05. The average Bonchev–Trinajstić information content (AvgIpc) is 2.91. The van der Waals surface area contributed by atoms with Crippen molar-refractivity contribution in [2.45, 2.75) is 11.3 Å². The highest BCUT2D eigenvalue weighted by Crippen LogP contribution is 2.33. The number of carboxylic acid groups (broad SMARTS) is 1. The summed E-state index contributed by atoms with van der Waals surface area (Å²) < 4.78 is 26.7. The molecule has 1 aliphatic heterocycles. The van der Waals surface area contributed by atoms with Crippen LogP contribution < -0.4 is 4.31 Å². The van der Waals surface area contributed by atoms with Crippen LogP contribution in [-0.2, 0) is 16.4 Å². The summed E-state index contributed by atoms with van der Waals surface area (Å²) in [7, 11) is -3.67. The lowest BCUT2D eigenvalue weighted by molar-refractivity contribution is 0.0697. The van der Waals surface area contributed by atoms with E-state index in [4.69, 9.17) is 16.7 Å². The molecule has 22 heavy (non-hydrogen) atoms. The first kappa shape index (κ1) is 14.9. The van der Waals surface area contributed by atoms with E-state index in [0.29, 0.717) is 23.7 Å². The lowest BCUT2D eigenvalue weighted by Crippen LogP contribution is -2.29. The van der Waals surface area contributed by atoms with E-state index in [-0.39, 0.29) is 10.5 Å². The number of hydrogen-bond acceptors (Lipinski definition) is 3. The van der Waals surface area contributed by atoms with Crippen LogP contribution >= 0.6 is 11.6 Å². The van der Waals surface area contributed by atoms with Gasteiger partial charge in [-0.05, 0) is 54.4 Å². The van der Waals surface area contributed by atoms with Crippen molar-refractivity contribution in [1.29, 1.82) is 0 Å². The largest absolute Gasteiger partial charge is 0.478 e. The molecule has 0 saturated carbocycles. The molecule has 0 bridgehead atoms. The fourth-order valence-corrected chi connectivity index (χ4v) is 4.12. The lowest BCUT2D eigenvalue weighted by Gasteiger charge is -2.19. The molecule has 0 radical (unpaired) electrons. The number of nitrogens with zero attached hydrogens (tertiary/aromatic N) is 1. The molecule has 0 fully saturated rings. The van der Waals surface area contributed by atoms with Crippen molar-refractivity contribution in [3.05, 3.63) is 58.6 Å². The van der Waals surface area contributed by atoms with Crippen molar-refractivity contribution in [3.63, 3.8) is 0 Å². The van der Waals surface area contributed by atoms with Gasteiger partial charge in [-0.2, -0.15) is 0 Å². The standard InChI is InChI=1S/C15H12ClNO4S/c16-12-2-4-13(5-3-12)22(20,21)17-8-7-10-9-11(15(18)19)1-6-14(10)17/h1-6,9H,7-8H2,(H,18,19). The minimum absolute atomic E-state index is 0.157. The third-order valence-corrected chi connectivity index (χ3v) is 5.66. The lowest BCUT2D eigenvalue weighted by atomic mass is 10.1. The Balaban J connectivity index is 2.02. The smallest absolute Gasteiger partial charge is 0.335 e. The van der Waals surface area contributed by atoms with Crippen LogP contribution in [0.15, 0.2) is 47.4 Å². The quantitative estimate of drug-likeness (QED) is 0.934. The maximum atomic E-state index is 12.7. The molecule has 0 saturated heterocycles. The van der Waals surface area contributed by atoms with Gasteiger partial charge in [-0.25, -0.2) is 13.2 Å². The number of benzene rings is 2. The van der Waals surface area contributed by atoms with Crippen molar-refractivity contribution >= 4 is 33.3 Å². The normalized spacial score (nSPS) is 14.0. The predicted octanol–water partition coefficient (Wildman–Crippen LogP) is 2.79. The van der Waals surface area contributed by atoms with Gasteiger partial charge in [0.05, 0.1) is 16.1 Å². The van der Waals surface area contributed by atoms with Crippen LogP contribution in [0.3, 0.4) is 0 Å². The molecule has 1 N–H and O–H groups in total. The molecule has 5 nitrogen and oxygen atoms in total. The fourth-order valence-electron chi connectivity index (χ4n) is 2.49. The molecule has 1 heterocycles. The second-order valence-electron chi connectivity index (χ2n) is 4.93. The number of anilines is 1. The highest BCUT2D eigenvalue weighted by atomic mass is 35.5. The number of carbonyl (C=O) groups is 1. The molecule has 1 aliphatic rings. The van der Waals surface area contributed by atoms with E-state index in [9.17, 15) is 13.2 Å². The first-order valence-corrected chi connectivity index (χ1v) is 8.36. The first-order chi connectivity index (χ1) is 10.4. The monoisotopic (exact) mass is 337 g/mol. The summed E-state index contributed by atoms with van der Waals surface area (Å²) >= 11 is 5.79. The molecule has 7 heteroatoms. The Morgan fingerprint density at radius 1 is 1.14 bits per heavy atom. The van der Waals surface area contributed by atoms with Crippen LogP contribution in [0, 0.1) is 0 Å². The van der Waals surface area contributed by atoms with Gasteiger partial charge in [0, 0.05) is 11.6 Å². The van der Waals surface area contributed by atoms with E-state index < -0.39 is 16.0 Å². The maximum absolute atomic E-state index is 12.7. The van der Waals surface area contributed by atoms with Gasteiger partial charge in [-0.15, -0.1) is 0 Å². The summed E-state index contributed by atoms with van der Waals surface area (Å²) in [6.07, 6.45) is 0.489. The number of carboxylic acids is 1. The number of halogens is 1. The van der Waals surface area contributed by atoms with Crippen LogP contribution in [0.1, 0.15) is 15.9 Å². The maximum Gasteiger partial charge on any atom is 0.335 e. The fraction of sp³-hybridized carbons (Fsp3) is 0.133. The summed E-state index contributed by atoms with van der Waals surface area (Å²) in [6, 6.07) is 10.5. The molecule has 0 amide bonds. The van der Waals surface area contributed by atoms with Crippen molar-refractivity contribution in [2.24, 2.45) is 0 Å². The van der Waals surface area contributed by atoms with Crippen molar-refractivity contribution in [3.8, 4) is 0 Å². The number of hydrogen-bond donors (Lipinski definition) is 1. The minimum Gasteiger partial charge on any atom is -0.478 e. The number of aromatic carboxylic acids is 1. The second kappa shape index (κ2) is 5.30. The van der Waals surface area contributed by atoms with E-state index in [2.05, 4.69) is 0 Å². The van der Waals surface area contributed by atoms with E-state index in [1.807, 2.05) is 0 Å². The first-order valence-electron chi connectivity index (χ1n) is 6.54. The van der Waals surface area contributed by atoms with Gasteiger partial charge in [0.15, 0.2) is 0 Å². The zero-order valence-corrected chi connectivity index (χ0v) is 12.9. The van der Waals surface area contributed by atoms with Gasteiger partial charge in [0.1, 0.15) is 0 Å². The summed E-state index contributed by atoms with van der Waals surface area (Å²) in [6.45, 7) is 0.295. The topological polar surface area (TPSA) is 74.7 Å². The molecule has 0 aromatic heterocycles. The molecule has 0 spiro atoms. The molecule has 0 aliphatic carbocycles. The Bertz CT molecular complexity index is 846. The van der Waals surface area contributed by atoms with Gasteiger partial charge < -0.3 is 5.11 Å². The van der Waals surface area contributed by atoms with Crippen LogP contribution in [0.25, 0.3) is 0 Å². The molecule has 0 atom stereocenters. The molecule has 2 aromatic rings. The van der Waals surface area contributed by atoms with Crippen LogP contribution in [0.4, 0.5) is 5.69 Å². The summed E-state index contributed by atoms with van der Waals surface area (Å²) in [5.41, 5.74) is 1.40. The minimum atomic E-state index is -3.67. The Kier molecular flexibility index (Phi) is 3.58. The summed E-state index contributed by atoms with van der Waals surface area (Å²) in [4.78, 5) is 11.1. The third-order valence-electron chi connectivity index (χ3n) is 3.58. The van der Waals surface area contributed by atoms with Crippen molar-refractivity contribution in [2.75, 3.05) is 10.8 Å². The van der Waals surface area contributed by atoms with Crippen LogP contribution in [0.5, 0.6) is 0 Å². The highest BCUT2D eigenvalue weighted by molar-refractivity contribution is 7.92.